The predicted octanol–water partition coefficient (Wildman–Crippen LogP) is 3.97. The number of ether oxygens (including phenoxy) is 1. The van der Waals surface area contributed by atoms with E-state index in [0.29, 0.717) is 12.2 Å². The van der Waals surface area contributed by atoms with Crippen LogP contribution in [0.1, 0.15) is 40.8 Å². The maximum atomic E-state index is 13.4. The Morgan fingerprint density at radius 2 is 1.80 bits per heavy atom. The SMILES string of the molecule is Cc1cc(C)cc(C2C[C@H](N)c3ccc(F)cc3O2)c1. The molecule has 1 unspecified atom stereocenters. The number of hydrogen-bond donors (Lipinski definition) is 1. The van der Waals surface area contributed by atoms with Gasteiger partial charge in [-0.2, -0.15) is 0 Å². The molecule has 2 N–H and O–H groups in total. The van der Waals surface area contributed by atoms with Crippen molar-refractivity contribution in [1.82, 2.24) is 0 Å². The smallest absolute Gasteiger partial charge is 0.127 e. The van der Waals surface area contributed by atoms with Crippen LogP contribution in [-0.2, 0) is 0 Å². The van der Waals surface area contributed by atoms with E-state index < -0.39 is 0 Å². The molecule has 0 saturated carbocycles. The zero-order valence-corrected chi connectivity index (χ0v) is 11.7. The Kier molecular flexibility index (Phi) is 3.22. The highest BCUT2D eigenvalue weighted by atomic mass is 19.1. The fourth-order valence-electron chi connectivity index (χ4n) is 2.88. The molecule has 2 aromatic carbocycles. The third-order valence-corrected chi connectivity index (χ3v) is 3.73. The first-order valence-electron chi connectivity index (χ1n) is 6.83. The second-order valence-corrected chi connectivity index (χ2v) is 5.55. The Bertz CT molecular complexity index is 633. The average Bonchev–Trinajstić information content (AvgIpc) is 2.36. The molecule has 3 heteroatoms. The molecule has 1 heterocycles. The van der Waals surface area contributed by atoms with Crippen LogP contribution in [0.2, 0.25) is 0 Å². The van der Waals surface area contributed by atoms with Gasteiger partial charge >= 0.3 is 0 Å². The topological polar surface area (TPSA) is 35.2 Å². The number of rotatable bonds is 1. The molecule has 1 aliphatic rings. The molecule has 0 aromatic heterocycles. The van der Waals surface area contributed by atoms with Gasteiger partial charge in [0.15, 0.2) is 0 Å². The lowest BCUT2D eigenvalue weighted by Crippen LogP contribution is -2.24. The highest BCUT2D eigenvalue weighted by molar-refractivity contribution is 5.40. The van der Waals surface area contributed by atoms with Gasteiger partial charge in [0.25, 0.3) is 0 Å². The second kappa shape index (κ2) is 4.91. The number of hydrogen-bond acceptors (Lipinski definition) is 2. The summed E-state index contributed by atoms with van der Waals surface area (Å²) in [5.41, 5.74) is 10.6. The first-order valence-corrected chi connectivity index (χ1v) is 6.83. The third-order valence-electron chi connectivity index (χ3n) is 3.73. The first kappa shape index (κ1) is 13.1. The van der Waals surface area contributed by atoms with E-state index in [1.807, 2.05) is 0 Å². The molecule has 0 bridgehead atoms. The maximum Gasteiger partial charge on any atom is 0.127 e. The van der Waals surface area contributed by atoms with E-state index in [4.69, 9.17) is 10.5 Å². The van der Waals surface area contributed by atoms with Crippen molar-refractivity contribution in [3.05, 3.63) is 64.5 Å². The summed E-state index contributed by atoms with van der Waals surface area (Å²) in [5.74, 6) is 0.268. The number of benzene rings is 2. The first-order chi connectivity index (χ1) is 9.52. The molecule has 0 amide bonds. The van der Waals surface area contributed by atoms with Crippen LogP contribution < -0.4 is 10.5 Å². The van der Waals surface area contributed by atoms with Gasteiger partial charge in [0, 0.05) is 24.1 Å². The molecule has 20 heavy (non-hydrogen) atoms. The fourth-order valence-corrected chi connectivity index (χ4v) is 2.88. The molecule has 104 valence electrons. The van der Waals surface area contributed by atoms with Crippen LogP contribution in [0.3, 0.4) is 0 Å². The number of fused-ring (bicyclic) bond motifs is 1. The maximum absolute atomic E-state index is 13.4. The summed E-state index contributed by atoms with van der Waals surface area (Å²) in [6.07, 6.45) is 0.597. The van der Waals surface area contributed by atoms with E-state index in [9.17, 15) is 4.39 Å². The molecule has 0 spiro atoms. The second-order valence-electron chi connectivity index (χ2n) is 5.55. The van der Waals surface area contributed by atoms with Gasteiger partial charge in [-0.1, -0.05) is 35.4 Å². The lowest BCUT2D eigenvalue weighted by molar-refractivity contribution is 0.160. The van der Waals surface area contributed by atoms with Crippen molar-refractivity contribution in [2.75, 3.05) is 0 Å². The largest absolute Gasteiger partial charge is 0.485 e. The van der Waals surface area contributed by atoms with Gasteiger partial charge in [0.1, 0.15) is 17.7 Å². The van der Waals surface area contributed by atoms with Crippen LogP contribution in [0, 0.1) is 19.7 Å². The summed E-state index contributed by atoms with van der Waals surface area (Å²) in [6.45, 7) is 4.12. The zero-order chi connectivity index (χ0) is 14.3. The summed E-state index contributed by atoms with van der Waals surface area (Å²) in [4.78, 5) is 0. The van der Waals surface area contributed by atoms with E-state index >= 15 is 0 Å². The monoisotopic (exact) mass is 271 g/mol. The molecule has 3 rings (SSSR count). The van der Waals surface area contributed by atoms with E-state index in [1.165, 1.54) is 23.3 Å². The summed E-state index contributed by atoms with van der Waals surface area (Å²) in [5, 5.41) is 0. The zero-order valence-electron chi connectivity index (χ0n) is 11.7. The minimum atomic E-state index is -0.294. The van der Waals surface area contributed by atoms with Crippen molar-refractivity contribution in [1.29, 1.82) is 0 Å². The van der Waals surface area contributed by atoms with Crippen molar-refractivity contribution in [3.8, 4) is 5.75 Å². The van der Waals surface area contributed by atoms with Crippen LogP contribution in [0.15, 0.2) is 36.4 Å². The van der Waals surface area contributed by atoms with Crippen LogP contribution >= 0.6 is 0 Å². The average molecular weight is 271 g/mol. The summed E-state index contributed by atoms with van der Waals surface area (Å²) in [6, 6.07) is 10.8. The molecule has 0 aliphatic carbocycles. The van der Waals surface area contributed by atoms with Crippen molar-refractivity contribution in [3.63, 3.8) is 0 Å². The number of aryl methyl sites for hydroxylation is 2. The minimum absolute atomic E-state index is 0.113. The van der Waals surface area contributed by atoms with Crippen molar-refractivity contribution >= 4 is 0 Å². The quantitative estimate of drug-likeness (QED) is 0.852. The van der Waals surface area contributed by atoms with E-state index in [-0.39, 0.29) is 18.0 Å². The van der Waals surface area contributed by atoms with Gasteiger partial charge in [0.05, 0.1) is 0 Å². The van der Waals surface area contributed by atoms with Gasteiger partial charge < -0.3 is 10.5 Å². The third kappa shape index (κ3) is 2.41. The van der Waals surface area contributed by atoms with Crippen molar-refractivity contribution < 1.29 is 9.13 Å². The number of halogens is 1. The minimum Gasteiger partial charge on any atom is -0.485 e. The molecule has 0 saturated heterocycles. The van der Waals surface area contributed by atoms with E-state index in [1.54, 1.807) is 6.07 Å². The Labute approximate surface area is 118 Å². The summed E-state index contributed by atoms with van der Waals surface area (Å²) in [7, 11) is 0. The van der Waals surface area contributed by atoms with Crippen molar-refractivity contribution in [2.45, 2.75) is 32.4 Å². The van der Waals surface area contributed by atoms with Gasteiger partial charge in [0.2, 0.25) is 0 Å². The molecule has 0 fully saturated rings. The Morgan fingerprint density at radius 3 is 2.50 bits per heavy atom. The molecule has 2 aromatic rings. The van der Waals surface area contributed by atoms with Crippen LogP contribution in [0.5, 0.6) is 5.75 Å². The molecular formula is C17H18FNO. The lowest BCUT2D eigenvalue weighted by Gasteiger charge is -2.31. The highest BCUT2D eigenvalue weighted by Crippen LogP contribution is 2.40. The Balaban J connectivity index is 1.98. The van der Waals surface area contributed by atoms with Gasteiger partial charge in [-0.3, -0.25) is 0 Å². The summed E-state index contributed by atoms with van der Waals surface area (Å²) >= 11 is 0. The lowest BCUT2D eigenvalue weighted by atomic mass is 9.92. The summed E-state index contributed by atoms with van der Waals surface area (Å²) < 4.78 is 19.3. The van der Waals surface area contributed by atoms with Crippen LogP contribution in [-0.4, -0.2) is 0 Å². The normalized spacial score (nSPS) is 21.2. The van der Waals surface area contributed by atoms with E-state index in [2.05, 4.69) is 32.0 Å². The van der Waals surface area contributed by atoms with E-state index in [0.717, 1.165) is 11.1 Å². The Hall–Kier alpha value is -1.87. The molecule has 0 radical (unpaired) electrons. The van der Waals surface area contributed by atoms with Crippen LogP contribution in [0.25, 0.3) is 0 Å². The fraction of sp³-hybridized carbons (Fsp3) is 0.294. The standard InChI is InChI=1S/C17H18FNO/c1-10-5-11(2)7-12(6-10)16-9-15(19)14-4-3-13(18)8-17(14)20-16/h3-8,15-16H,9,19H2,1-2H3/t15-,16?/m0/s1. The number of nitrogens with two attached hydrogens (primary N) is 1. The van der Waals surface area contributed by atoms with Gasteiger partial charge in [-0.05, 0) is 25.5 Å². The predicted molar refractivity (Wildman–Crippen MR) is 77.2 cm³/mol. The van der Waals surface area contributed by atoms with Crippen molar-refractivity contribution in [2.24, 2.45) is 5.73 Å². The highest BCUT2D eigenvalue weighted by Gasteiger charge is 2.27. The van der Waals surface area contributed by atoms with Gasteiger partial charge in [-0.15, -0.1) is 0 Å². The van der Waals surface area contributed by atoms with Crippen LogP contribution in [0.4, 0.5) is 4.39 Å². The molecule has 2 atom stereocenters. The van der Waals surface area contributed by atoms with Gasteiger partial charge in [-0.25, -0.2) is 4.39 Å². The molecule has 1 aliphatic heterocycles. The Morgan fingerprint density at radius 1 is 1.10 bits per heavy atom. The molecular weight excluding hydrogens is 253 g/mol. The molecule has 2 nitrogen and oxygen atoms in total.